The van der Waals surface area contributed by atoms with Gasteiger partial charge in [0.1, 0.15) is 0 Å². The summed E-state index contributed by atoms with van der Waals surface area (Å²) in [6.45, 7) is 4.04. The minimum atomic E-state index is 0.0203. The first-order valence-corrected chi connectivity index (χ1v) is 9.65. The Balaban J connectivity index is 1.59. The molecular formula is C19H25N3OS. The molecule has 0 spiro atoms. The molecule has 1 saturated carbocycles. The van der Waals surface area contributed by atoms with Crippen LogP contribution in [0.15, 0.2) is 35.7 Å². The topological polar surface area (TPSA) is 46.9 Å². The lowest BCUT2D eigenvalue weighted by atomic mass is 9.95. The van der Waals surface area contributed by atoms with E-state index in [1.165, 1.54) is 43.9 Å². The third-order valence-electron chi connectivity index (χ3n) is 4.60. The molecular weight excluding hydrogens is 318 g/mol. The summed E-state index contributed by atoms with van der Waals surface area (Å²) in [7, 11) is 0. The Morgan fingerprint density at radius 1 is 1.29 bits per heavy atom. The van der Waals surface area contributed by atoms with Crippen LogP contribution in [-0.4, -0.2) is 21.2 Å². The Kier molecular flexibility index (Phi) is 5.61. The van der Waals surface area contributed by atoms with Gasteiger partial charge in [-0.2, -0.15) is 0 Å². The van der Waals surface area contributed by atoms with Crippen molar-refractivity contribution in [2.75, 3.05) is 11.1 Å². The molecule has 2 aromatic rings. The fraction of sp³-hybridized carbons (Fsp3) is 0.474. The average Bonchev–Trinajstić information content (AvgIpc) is 3.06. The van der Waals surface area contributed by atoms with E-state index >= 15 is 0 Å². The molecule has 24 heavy (non-hydrogen) atoms. The lowest BCUT2D eigenvalue weighted by molar-refractivity contribution is -0.113. The zero-order valence-corrected chi connectivity index (χ0v) is 15.2. The van der Waals surface area contributed by atoms with Gasteiger partial charge < -0.3 is 9.88 Å². The number of amides is 1. The molecule has 0 bridgehead atoms. The lowest BCUT2D eigenvalue weighted by Crippen LogP contribution is -2.17. The van der Waals surface area contributed by atoms with E-state index in [1.807, 2.05) is 32.2 Å². The van der Waals surface area contributed by atoms with Crippen molar-refractivity contribution in [2.45, 2.75) is 57.1 Å². The van der Waals surface area contributed by atoms with Crippen LogP contribution in [0.3, 0.4) is 0 Å². The first-order chi connectivity index (χ1) is 11.6. The van der Waals surface area contributed by atoms with Crippen LogP contribution >= 0.6 is 11.8 Å². The standard InChI is InChI=1S/C19H25N3OS/c1-14-8-9-15(2)17(12-14)21-18(23)13-24-19-20-10-11-22(19)16-6-4-3-5-7-16/h8-12,16H,3-7,13H2,1-2H3,(H,21,23). The van der Waals surface area contributed by atoms with Crippen molar-refractivity contribution in [3.05, 3.63) is 41.7 Å². The Hall–Kier alpha value is -1.75. The van der Waals surface area contributed by atoms with E-state index in [2.05, 4.69) is 27.1 Å². The highest BCUT2D eigenvalue weighted by molar-refractivity contribution is 7.99. The summed E-state index contributed by atoms with van der Waals surface area (Å²) >= 11 is 1.52. The van der Waals surface area contributed by atoms with Crippen molar-refractivity contribution in [3.8, 4) is 0 Å². The fourth-order valence-corrected chi connectivity index (χ4v) is 4.06. The van der Waals surface area contributed by atoms with Crippen molar-refractivity contribution >= 4 is 23.4 Å². The van der Waals surface area contributed by atoms with Crippen LogP contribution in [0.1, 0.15) is 49.3 Å². The molecule has 0 radical (unpaired) electrons. The van der Waals surface area contributed by atoms with Gasteiger partial charge in [0.05, 0.1) is 5.75 Å². The number of hydrogen-bond acceptors (Lipinski definition) is 3. The summed E-state index contributed by atoms with van der Waals surface area (Å²) in [6.07, 6.45) is 10.3. The van der Waals surface area contributed by atoms with Crippen LogP contribution in [0.4, 0.5) is 5.69 Å². The molecule has 1 fully saturated rings. The van der Waals surface area contributed by atoms with E-state index < -0.39 is 0 Å². The third kappa shape index (κ3) is 4.20. The molecule has 1 heterocycles. The van der Waals surface area contributed by atoms with Crippen LogP contribution in [0.2, 0.25) is 0 Å². The van der Waals surface area contributed by atoms with E-state index in [1.54, 1.807) is 0 Å². The fourth-order valence-electron chi connectivity index (χ4n) is 3.24. The van der Waals surface area contributed by atoms with Gasteiger partial charge in [-0.1, -0.05) is 43.2 Å². The van der Waals surface area contributed by atoms with Crippen LogP contribution in [0.25, 0.3) is 0 Å². The van der Waals surface area contributed by atoms with E-state index in [4.69, 9.17) is 0 Å². The van der Waals surface area contributed by atoms with Gasteiger partial charge >= 0.3 is 0 Å². The van der Waals surface area contributed by atoms with E-state index in [0.29, 0.717) is 11.8 Å². The van der Waals surface area contributed by atoms with Crippen molar-refractivity contribution in [3.63, 3.8) is 0 Å². The first kappa shape index (κ1) is 17.1. The largest absolute Gasteiger partial charge is 0.325 e. The number of aryl methyl sites for hydroxylation is 2. The summed E-state index contributed by atoms with van der Waals surface area (Å²) in [4.78, 5) is 16.7. The quantitative estimate of drug-likeness (QED) is 0.798. The first-order valence-electron chi connectivity index (χ1n) is 8.66. The molecule has 1 aliphatic rings. The van der Waals surface area contributed by atoms with Crippen LogP contribution in [0.5, 0.6) is 0 Å². The molecule has 0 aliphatic heterocycles. The zero-order valence-electron chi connectivity index (χ0n) is 14.4. The molecule has 1 aromatic heterocycles. The molecule has 1 amide bonds. The number of carbonyl (C=O) groups excluding carboxylic acids is 1. The molecule has 3 rings (SSSR count). The number of nitrogens with one attached hydrogen (secondary N) is 1. The van der Waals surface area contributed by atoms with Gasteiger partial charge in [-0.05, 0) is 43.9 Å². The smallest absolute Gasteiger partial charge is 0.234 e. The van der Waals surface area contributed by atoms with Crippen molar-refractivity contribution in [1.82, 2.24) is 9.55 Å². The van der Waals surface area contributed by atoms with E-state index in [9.17, 15) is 4.79 Å². The van der Waals surface area contributed by atoms with Crippen LogP contribution < -0.4 is 5.32 Å². The number of thioether (sulfide) groups is 1. The third-order valence-corrected chi connectivity index (χ3v) is 5.58. The highest BCUT2D eigenvalue weighted by Crippen LogP contribution is 2.31. The summed E-state index contributed by atoms with van der Waals surface area (Å²) in [5.41, 5.74) is 3.13. The second-order valence-electron chi connectivity index (χ2n) is 6.56. The number of rotatable bonds is 5. The SMILES string of the molecule is Cc1ccc(C)c(NC(=O)CSc2nccn2C2CCCCC2)c1. The number of benzene rings is 1. The molecule has 1 aromatic carbocycles. The number of anilines is 1. The summed E-state index contributed by atoms with van der Waals surface area (Å²) < 4.78 is 2.26. The number of nitrogens with zero attached hydrogens (tertiary/aromatic N) is 2. The van der Waals surface area contributed by atoms with Gasteiger partial charge in [0.2, 0.25) is 5.91 Å². The molecule has 5 heteroatoms. The molecule has 1 aliphatic carbocycles. The minimum Gasteiger partial charge on any atom is -0.325 e. The Morgan fingerprint density at radius 3 is 2.88 bits per heavy atom. The van der Waals surface area contributed by atoms with Crippen LogP contribution in [-0.2, 0) is 4.79 Å². The molecule has 128 valence electrons. The highest BCUT2D eigenvalue weighted by Gasteiger charge is 2.18. The van der Waals surface area contributed by atoms with Gasteiger partial charge in [-0.15, -0.1) is 0 Å². The zero-order chi connectivity index (χ0) is 16.9. The van der Waals surface area contributed by atoms with E-state index in [0.717, 1.165) is 22.0 Å². The monoisotopic (exact) mass is 343 g/mol. The summed E-state index contributed by atoms with van der Waals surface area (Å²) in [5.74, 6) is 0.406. The second kappa shape index (κ2) is 7.88. The Morgan fingerprint density at radius 2 is 2.08 bits per heavy atom. The van der Waals surface area contributed by atoms with Crippen molar-refractivity contribution in [2.24, 2.45) is 0 Å². The number of carbonyl (C=O) groups is 1. The summed E-state index contributed by atoms with van der Waals surface area (Å²) in [5, 5.41) is 3.97. The normalized spacial score (nSPS) is 15.4. The molecule has 1 N–H and O–H groups in total. The van der Waals surface area contributed by atoms with Gasteiger partial charge in [0, 0.05) is 24.1 Å². The Bertz CT molecular complexity index is 704. The van der Waals surface area contributed by atoms with Gasteiger partial charge in [-0.3, -0.25) is 4.79 Å². The maximum Gasteiger partial charge on any atom is 0.234 e. The van der Waals surface area contributed by atoms with Crippen molar-refractivity contribution in [1.29, 1.82) is 0 Å². The van der Waals surface area contributed by atoms with Gasteiger partial charge in [-0.25, -0.2) is 4.98 Å². The predicted molar refractivity (Wildman–Crippen MR) is 99.6 cm³/mol. The van der Waals surface area contributed by atoms with Gasteiger partial charge in [0.15, 0.2) is 5.16 Å². The predicted octanol–water partition coefficient (Wildman–Crippen LogP) is 4.74. The number of imidazole rings is 1. The summed E-state index contributed by atoms with van der Waals surface area (Å²) in [6, 6.07) is 6.65. The minimum absolute atomic E-state index is 0.0203. The molecule has 0 atom stereocenters. The van der Waals surface area contributed by atoms with E-state index in [-0.39, 0.29) is 5.91 Å². The molecule has 4 nitrogen and oxygen atoms in total. The molecule has 0 unspecified atom stereocenters. The maximum atomic E-state index is 12.3. The number of hydrogen-bond donors (Lipinski definition) is 1. The van der Waals surface area contributed by atoms with Crippen LogP contribution in [0, 0.1) is 13.8 Å². The van der Waals surface area contributed by atoms with Gasteiger partial charge in [0.25, 0.3) is 0 Å². The molecule has 0 saturated heterocycles. The maximum absolute atomic E-state index is 12.3. The number of aromatic nitrogens is 2. The Labute approximate surface area is 148 Å². The average molecular weight is 343 g/mol. The second-order valence-corrected chi connectivity index (χ2v) is 7.51. The van der Waals surface area contributed by atoms with Crippen molar-refractivity contribution < 1.29 is 4.79 Å². The highest BCUT2D eigenvalue weighted by atomic mass is 32.2. The lowest BCUT2D eigenvalue weighted by Gasteiger charge is -2.24.